The first-order chi connectivity index (χ1) is 7.67. The van der Waals surface area contributed by atoms with Gasteiger partial charge in [0.2, 0.25) is 5.89 Å². The van der Waals surface area contributed by atoms with Crippen molar-refractivity contribution in [1.29, 1.82) is 0 Å². The SMILES string of the molecule is CNC(C)c1nnc(NCC(C)COC)o1. The van der Waals surface area contributed by atoms with Gasteiger partial charge >= 0.3 is 6.01 Å². The molecule has 0 aliphatic heterocycles. The Bertz CT molecular complexity index is 303. The standard InChI is InChI=1S/C10H20N4O2/c1-7(6-15-4)5-12-10-14-13-9(16-10)8(2)11-3/h7-8,11H,5-6H2,1-4H3,(H,12,14). The zero-order chi connectivity index (χ0) is 12.0. The Morgan fingerprint density at radius 3 is 2.75 bits per heavy atom. The van der Waals surface area contributed by atoms with Crippen molar-refractivity contribution in [2.24, 2.45) is 5.92 Å². The van der Waals surface area contributed by atoms with Gasteiger partial charge in [-0.15, -0.1) is 5.10 Å². The average Bonchev–Trinajstić information content (AvgIpc) is 2.74. The van der Waals surface area contributed by atoms with E-state index in [0.29, 0.717) is 24.4 Å². The normalized spacial score (nSPS) is 14.8. The number of aromatic nitrogens is 2. The van der Waals surface area contributed by atoms with E-state index in [-0.39, 0.29) is 6.04 Å². The van der Waals surface area contributed by atoms with Crippen molar-refractivity contribution in [3.05, 3.63) is 5.89 Å². The second kappa shape index (κ2) is 6.44. The number of methoxy groups -OCH3 is 1. The molecule has 16 heavy (non-hydrogen) atoms. The molecule has 2 atom stereocenters. The van der Waals surface area contributed by atoms with Crippen molar-refractivity contribution in [3.63, 3.8) is 0 Å². The molecule has 1 rings (SSSR count). The van der Waals surface area contributed by atoms with Crippen LogP contribution < -0.4 is 10.6 Å². The fourth-order valence-corrected chi connectivity index (χ4v) is 1.21. The van der Waals surface area contributed by atoms with E-state index < -0.39 is 0 Å². The van der Waals surface area contributed by atoms with Crippen molar-refractivity contribution in [3.8, 4) is 0 Å². The van der Waals surface area contributed by atoms with Gasteiger partial charge in [0, 0.05) is 13.7 Å². The van der Waals surface area contributed by atoms with Gasteiger partial charge in [-0.25, -0.2) is 0 Å². The maximum Gasteiger partial charge on any atom is 0.315 e. The molecule has 1 heterocycles. The highest BCUT2D eigenvalue weighted by Crippen LogP contribution is 2.13. The fraction of sp³-hybridized carbons (Fsp3) is 0.800. The van der Waals surface area contributed by atoms with Gasteiger partial charge in [0.1, 0.15) is 0 Å². The van der Waals surface area contributed by atoms with Crippen LogP contribution in [0.5, 0.6) is 0 Å². The third-order valence-electron chi connectivity index (χ3n) is 2.30. The molecular formula is C10H20N4O2. The van der Waals surface area contributed by atoms with Crippen LogP contribution in [0, 0.1) is 5.92 Å². The summed E-state index contributed by atoms with van der Waals surface area (Å²) in [7, 11) is 3.54. The minimum Gasteiger partial charge on any atom is -0.406 e. The molecule has 92 valence electrons. The van der Waals surface area contributed by atoms with Crippen LogP contribution in [0.1, 0.15) is 25.8 Å². The van der Waals surface area contributed by atoms with E-state index >= 15 is 0 Å². The highest BCUT2D eigenvalue weighted by molar-refractivity contribution is 5.17. The monoisotopic (exact) mass is 228 g/mol. The van der Waals surface area contributed by atoms with Crippen LogP contribution >= 0.6 is 0 Å². The Morgan fingerprint density at radius 1 is 1.38 bits per heavy atom. The number of nitrogens with one attached hydrogen (secondary N) is 2. The molecular weight excluding hydrogens is 208 g/mol. The van der Waals surface area contributed by atoms with Crippen LogP contribution in [0.25, 0.3) is 0 Å². The molecule has 1 aromatic rings. The van der Waals surface area contributed by atoms with Crippen LogP contribution in [0.2, 0.25) is 0 Å². The zero-order valence-electron chi connectivity index (χ0n) is 10.3. The summed E-state index contributed by atoms with van der Waals surface area (Å²) in [6.07, 6.45) is 0. The average molecular weight is 228 g/mol. The van der Waals surface area contributed by atoms with Gasteiger partial charge in [0.15, 0.2) is 0 Å². The summed E-state index contributed by atoms with van der Waals surface area (Å²) >= 11 is 0. The number of hydrogen-bond donors (Lipinski definition) is 2. The van der Waals surface area contributed by atoms with Crippen LogP contribution in [-0.4, -0.2) is 37.5 Å². The molecule has 6 heteroatoms. The van der Waals surface area contributed by atoms with Crippen molar-refractivity contribution >= 4 is 6.01 Å². The predicted molar refractivity (Wildman–Crippen MR) is 61.3 cm³/mol. The van der Waals surface area contributed by atoms with Gasteiger partial charge in [-0.3, -0.25) is 0 Å². The molecule has 2 N–H and O–H groups in total. The Kier molecular flexibility index (Phi) is 5.21. The molecule has 0 bridgehead atoms. The molecule has 0 saturated heterocycles. The van der Waals surface area contributed by atoms with Gasteiger partial charge in [-0.05, 0) is 19.9 Å². The maximum absolute atomic E-state index is 5.43. The largest absolute Gasteiger partial charge is 0.406 e. The summed E-state index contributed by atoms with van der Waals surface area (Å²) in [4.78, 5) is 0. The van der Waals surface area contributed by atoms with E-state index in [1.807, 2.05) is 14.0 Å². The van der Waals surface area contributed by atoms with E-state index in [1.54, 1.807) is 7.11 Å². The first-order valence-electron chi connectivity index (χ1n) is 5.40. The summed E-state index contributed by atoms with van der Waals surface area (Å²) in [6, 6.07) is 0.527. The number of hydrogen-bond acceptors (Lipinski definition) is 6. The lowest BCUT2D eigenvalue weighted by Crippen LogP contribution is -2.15. The topological polar surface area (TPSA) is 72.2 Å². The molecule has 0 spiro atoms. The lowest BCUT2D eigenvalue weighted by molar-refractivity contribution is 0.164. The molecule has 0 aliphatic rings. The van der Waals surface area contributed by atoms with E-state index in [9.17, 15) is 0 Å². The van der Waals surface area contributed by atoms with Crippen LogP contribution in [0.4, 0.5) is 6.01 Å². The number of nitrogens with zero attached hydrogens (tertiary/aromatic N) is 2. The van der Waals surface area contributed by atoms with Crippen LogP contribution in [0.15, 0.2) is 4.42 Å². The third kappa shape index (κ3) is 3.79. The second-order valence-electron chi connectivity index (χ2n) is 3.90. The number of ether oxygens (including phenoxy) is 1. The van der Waals surface area contributed by atoms with E-state index in [4.69, 9.17) is 9.15 Å². The maximum atomic E-state index is 5.43. The third-order valence-corrected chi connectivity index (χ3v) is 2.30. The van der Waals surface area contributed by atoms with Crippen molar-refractivity contribution in [1.82, 2.24) is 15.5 Å². The molecule has 0 saturated carbocycles. The highest BCUT2D eigenvalue weighted by Gasteiger charge is 2.12. The van der Waals surface area contributed by atoms with Crippen molar-refractivity contribution in [2.45, 2.75) is 19.9 Å². The molecule has 0 aliphatic carbocycles. The fourth-order valence-electron chi connectivity index (χ4n) is 1.21. The molecule has 6 nitrogen and oxygen atoms in total. The molecule has 2 unspecified atom stereocenters. The highest BCUT2D eigenvalue weighted by atomic mass is 16.5. The number of rotatable bonds is 7. The smallest absolute Gasteiger partial charge is 0.315 e. The molecule has 0 amide bonds. The van der Waals surface area contributed by atoms with Crippen molar-refractivity contribution in [2.75, 3.05) is 32.6 Å². The Hall–Kier alpha value is -1.14. The molecule has 0 radical (unpaired) electrons. The summed E-state index contributed by atoms with van der Waals surface area (Å²) < 4.78 is 10.5. The van der Waals surface area contributed by atoms with Crippen LogP contribution in [-0.2, 0) is 4.74 Å². The van der Waals surface area contributed by atoms with Crippen molar-refractivity contribution < 1.29 is 9.15 Å². The Labute approximate surface area is 95.8 Å². The van der Waals surface area contributed by atoms with Gasteiger partial charge in [0.05, 0.1) is 12.6 Å². The van der Waals surface area contributed by atoms with E-state index in [1.165, 1.54) is 0 Å². The minimum absolute atomic E-state index is 0.0689. The van der Waals surface area contributed by atoms with E-state index in [0.717, 1.165) is 6.54 Å². The Balaban J connectivity index is 2.40. The van der Waals surface area contributed by atoms with Gasteiger partial charge in [-0.1, -0.05) is 12.0 Å². The summed E-state index contributed by atoms with van der Waals surface area (Å²) in [5, 5.41) is 14.0. The number of anilines is 1. The lowest BCUT2D eigenvalue weighted by Gasteiger charge is -2.09. The zero-order valence-corrected chi connectivity index (χ0v) is 10.3. The van der Waals surface area contributed by atoms with E-state index in [2.05, 4.69) is 27.8 Å². The first kappa shape index (κ1) is 12.9. The van der Waals surface area contributed by atoms with Gasteiger partial charge in [0.25, 0.3) is 0 Å². The summed E-state index contributed by atoms with van der Waals surface area (Å²) in [6.45, 7) is 5.51. The summed E-state index contributed by atoms with van der Waals surface area (Å²) in [5.41, 5.74) is 0. The molecule has 0 fully saturated rings. The summed E-state index contributed by atoms with van der Waals surface area (Å²) in [5.74, 6) is 0.992. The lowest BCUT2D eigenvalue weighted by atomic mass is 10.2. The van der Waals surface area contributed by atoms with Gasteiger partial charge in [-0.2, -0.15) is 0 Å². The van der Waals surface area contributed by atoms with Gasteiger partial charge < -0.3 is 19.8 Å². The first-order valence-corrected chi connectivity index (χ1v) is 5.40. The predicted octanol–water partition coefficient (Wildman–Crippen LogP) is 1.04. The minimum atomic E-state index is 0.0689. The second-order valence-corrected chi connectivity index (χ2v) is 3.90. The molecule has 1 aromatic heterocycles. The quantitative estimate of drug-likeness (QED) is 0.726. The Morgan fingerprint density at radius 2 is 2.12 bits per heavy atom. The molecule has 0 aromatic carbocycles. The van der Waals surface area contributed by atoms with Crippen LogP contribution in [0.3, 0.4) is 0 Å².